The maximum absolute atomic E-state index is 12.2. The molecule has 7 heteroatoms. The zero-order valence-corrected chi connectivity index (χ0v) is 18.8. The number of hydrogen-bond acceptors (Lipinski definition) is 4. The summed E-state index contributed by atoms with van der Waals surface area (Å²) in [6.07, 6.45) is 1.57. The summed E-state index contributed by atoms with van der Waals surface area (Å²) in [5.74, 6) is 0.553. The minimum Gasteiger partial charge on any atom is -0.489 e. The van der Waals surface area contributed by atoms with Gasteiger partial charge in [0.1, 0.15) is 17.9 Å². The van der Waals surface area contributed by atoms with Crippen molar-refractivity contribution in [3.8, 4) is 5.75 Å². The van der Waals surface area contributed by atoms with Gasteiger partial charge in [-0.1, -0.05) is 44.0 Å². The van der Waals surface area contributed by atoms with Crippen LogP contribution in [0.25, 0.3) is 11.0 Å². The molecule has 1 N–H and O–H groups in total. The van der Waals surface area contributed by atoms with E-state index in [9.17, 15) is 4.79 Å². The topological polar surface area (TPSA) is 63.8 Å². The second-order valence-electron chi connectivity index (χ2n) is 6.48. The van der Waals surface area contributed by atoms with Gasteiger partial charge in [0.2, 0.25) is 0 Å². The largest absolute Gasteiger partial charge is 0.489 e. The fourth-order valence-corrected chi connectivity index (χ4v) is 3.39. The highest BCUT2D eigenvalue weighted by molar-refractivity contribution is 9.10. The Labute approximate surface area is 190 Å². The molecule has 30 heavy (non-hydrogen) atoms. The first-order valence-electron chi connectivity index (χ1n) is 9.07. The second kappa shape index (κ2) is 9.28. The number of nitrogens with one attached hydrogen (secondary N) is 1. The number of halogens is 2. The fourth-order valence-electron chi connectivity index (χ4n) is 2.74. The van der Waals surface area contributed by atoms with E-state index in [2.05, 4.69) is 42.4 Å². The molecule has 1 amide bonds. The molecule has 0 aliphatic heterocycles. The summed E-state index contributed by atoms with van der Waals surface area (Å²) in [5.41, 5.74) is 5.04. The number of furan rings is 1. The third-order valence-corrected chi connectivity index (χ3v) is 5.30. The molecule has 0 aliphatic rings. The molecule has 0 fully saturated rings. The Morgan fingerprint density at radius 2 is 1.70 bits per heavy atom. The van der Waals surface area contributed by atoms with Gasteiger partial charge in [-0.15, -0.1) is 0 Å². The van der Waals surface area contributed by atoms with Gasteiger partial charge < -0.3 is 9.15 Å². The molecule has 1 heterocycles. The van der Waals surface area contributed by atoms with Gasteiger partial charge >= 0.3 is 5.91 Å². The van der Waals surface area contributed by atoms with Crippen molar-refractivity contribution in [2.75, 3.05) is 0 Å². The number of hydrazone groups is 1. The van der Waals surface area contributed by atoms with E-state index in [4.69, 9.17) is 9.15 Å². The Kier molecular flexibility index (Phi) is 6.30. The molecule has 0 saturated heterocycles. The highest BCUT2D eigenvalue weighted by atomic mass is 79.9. The highest BCUT2D eigenvalue weighted by Crippen LogP contribution is 2.23. The van der Waals surface area contributed by atoms with Crippen LogP contribution in [0.5, 0.6) is 5.75 Å². The van der Waals surface area contributed by atoms with Crippen molar-refractivity contribution in [1.82, 2.24) is 5.43 Å². The summed E-state index contributed by atoms with van der Waals surface area (Å²) in [6.45, 7) is 0.491. The zero-order valence-electron chi connectivity index (χ0n) is 15.6. The molecule has 0 saturated carbocycles. The van der Waals surface area contributed by atoms with Gasteiger partial charge in [0.05, 0.1) is 6.21 Å². The number of hydrogen-bond donors (Lipinski definition) is 1. The minimum atomic E-state index is -0.409. The molecular formula is C23H16Br2N2O3. The normalized spacial score (nSPS) is 11.1. The van der Waals surface area contributed by atoms with E-state index in [-0.39, 0.29) is 5.76 Å². The molecule has 0 aliphatic carbocycles. The van der Waals surface area contributed by atoms with Crippen molar-refractivity contribution < 1.29 is 13.9 Å². The van der Waals surface area contributed by atoms with Crippen molar-refractivity contribution in [1.29, 1.82) is 0 Å². The Hall–Kier alpha value is -2.90. The van der Waals surface area contributed by atoms with E-state index in [0.717, 1.165) is 31.2 Å². The molecule has 5 nitrogen and oxygen atoms in total. The number of amides is 1. The minimum absolute atomic E-state index is 0.205. The van der Waals surface area contributed by atoms with Gasteiger partial charge in [0.15, 0.2) is 5.76 Å². The number of ether oxygens (including phenoxy) is 1. The van der Waals surface area contributed by atoms with Crippen LogP contribution in [0.15, 0.2) is 91.3 Å². The summed E-state index contributed by atoms with van der Waals surface area (Å²) >= 11 is 6.82. The van der Waals surface area contributed by atoms with Crippen molar-refractivity contribution >= 4 is 55.0 Å². The second-order valence-corrected chi connectivity index (χ2v) is 8.31. The standard InChI is InChI=1S/C23H16Br2N2O3/c24-18-5-1-16(2-6-18)14-29-20-8-3-15(4-9-20)13-26-27-23(28)22-12-17-11-19(25)7-10-21(17)30-22/h1-13H,14H2,(H,27,28)/b26-13+. The molecule has 0 atom stereocenters. The average molecular weight is 528 g/mol. The van der Waals surface area contributed by atoms with Crippen LogP contribution >= 0.6 is 31.9 Å². The maximum atomic E-state index is 12.2. The van der Waals surface area contributed by atoms with E-state index in [1.165, 1.54) is 0 Å². The van der Waals surface area contributed by atoms with Gasteiger partial charge in [-0.3, -0.25) is 4.79 Å². The van der Waals surface area contributed by atoms with Crippen molar-refractivity contribution in [3.63, 3.8) is 0 Å². The zero-order chi connectivity index (χ0) is 20.9. The smallest absolute Gasteiger partial charge is 0.307 e. The Morgan fingerprint density at radius 1 is 0.967 bits per heavy atom. The SMILES string of the molecule is O=C(N/N=C/c1ccc(OCc2ccc(Br)cc2)cc1)c1cc2cc(Br)ccc2o1. The van der Waals surface area contributed by atoms with E-state index in [0.29, 0.717) is 12.2 Å². The van der Waals surface area contributed by atoms with E-state index in [1.807, 2.05) is 60.7 Å². The Morgan fingerprint density at radius 3 is 2.47 bits per heavy atom. The first-order valence-corrected chi connectivity index (χ1v) is 10.7. The highest BCUT2D eigenvalue weighted by Gasteiger charge is 2.11. The van der Waals surface area contributed by atoms with Gasteiger partial charge in [0, 0.05) is 14.3 Å². The van der Waals surface area contributed by atoms with Crippen LogP contribution in [0.3, 0.4) is 0 Å². The van der Waals surface area contributed by atoms with Crippen LogP contribution in [0.1, 0.15) is 21.7 Å². The first kappa shape index (κ1) is 20.4. The van der Waals surface area contributed by atoms with Crippen molar-refractivity contribution in [3.05, 3.63) is 98.6 Å². The van der Waals surface area contributed by atoms with Crippen LogP contribution in [-0.2, 0) is 6.61 Å². The predicted octanol–water partition coefficient (Wildman–Crippen LogP) is 6.30. The van der Waals surface area contributed by atoms with Crippen LogP contribution in [0.4, 0.5) is 0 Å². The summed E-state index contributed by atoms with van der Waals surface area (Å²) < 4.78 is 13.3. The van der Waals surface area contributed by atoms with Gasteiger partial charge in [-0.25, -0.2) is 5.43 Å². The summed E-state index contributed by atoms with van der Waals surface area (Å²) in [6, 6.07) is 22.7. The lowest BCUT2D eigenvalue weighted by Gasteiger charge is -2.06. The summed E-state index contributed by atoms with van der Waals surface area (Å²) in [7, 11) is 0. The van der Waals surface area contributed by atoms with E-state index in [1.54, 1.807) is 18.3 Å². The summed E-state index contributed by atoms with van der Waals surface area (Å²) in [4.78, 5) is 12.2. The van der Waals surface area contributed by atoms with Crippen molar-refractivity contribution in [2.45, 2.75) is 6.61 Å². The Bertz CT molecular complexity index is 1200. The van der Waals surface area contributed by atoms with Gasteiger partial charge in [0.25, 0.3) is 0 Å². The number of benzene rings is 3. The van der Waals surface area contributed by atoms with Crippen LogP contribution < -0.4 is 10.2 Å². The number of rotatable bonds is 6. The maximum Gasteiger partial charge on any atom is 0.307 e. The number of carbonyl (C=O) groups is 1. The molecule has 4 rings (SSSR count). The molecule has 1 aromatic heterocycles. The fraction of sp³-hybridized carbons (Fsp3) is 0.0435. The Balaban J connectivity index is 1.32. The monoisotopic (exact) mass is 526 g/mol. The molecule has 3 aromatic carbocycles. The average Bonchev–Trinajstić information content (AvgIpc) is 3.17. The van der Waals surface area contributed by atoms with Gasteiger partial charge in [-0.05, 0) is 71.8 Å². The lowest BCUT2D eigenvalue weighted by Crippen LogP contribution is -2.16. The van der Waals surface area contributed by atoms with Crippen LogP contribution in [0, 0.1) is 0 Å². The molecule has 0 bridgehead atoms. The number of nitrogens with zero attached hydrogens (tertiary/aromatic N) is 1. The molecule has 0 radical (unpaired) electrons. The molecular weight excluding hydrogens is 512 g/mol. The van der Waals surface area contributed by atoms with E-state index >= 15 is 0 Å². The lowest BCUT2D eigenvalue weighted by molar-refractivity contribution is 0.0929. The quantitative estimate of drug-likeness (QED) is 0.236. The summed E-state index contributed by atoms with van der Waals surface area (Å²) in [5, 5.41) is 4.84. The molecule has 4 aromatic rings. The lowest BCUT2D eigenvalue weighted by atomic mass is 10.2. The third-order valence-electron chi connectivity index (χ3n) is 4.28. The van der Waals surface area contributed by atoms with E-state index < -0.39 is 5.91 Å². The van der Waals surface area contributed by atoms with Gasteiger partial charge in [-0.2, -0.15) is 5.10 Å². The number of fused-ring (bicyclic) bond motifs is 1. The van der Waals surface area contributed by atoms with Crippen LogP contribution in [-0.4, -0.2) is 12.1 Å². The van der Waals surface area contributed by atoms with Crippen molar-refractivity contribution in [2.24, 2.45) is 5.10 Å². The number of carbonyl (C=O) groups excluding carboxylic acids is 1. The first-order chi connectivity index (χ1) is 14.6. The predicted molar refractivity (Wildman–Crippen MR) is 124 cm³/mol. The third kappa shape index (κ3) is 5.17. The molecule has 150 valence electrons. The molecule has 0 spiro atoms. The van der Waals surface area contributed by atoms with Crippen LogP contribution in [0.2, 0.25) is 0 Å². The molecule has 0 unspecified atom stereocenters.